The molecule has 0 aromatic heterocycles. The van der Waals surface area contributed by atoms with Crippen LogP contribution in [0.5, 0.6) is 0 Å². The minimum atomic E-state index is 0.501. The van der Waals surface area contributed by atoms with E-state index < -0.39 is 0 Å². The summed E-state index contributed by atoms with van der Waals surface area (Å²) in [7, 11) is 0. The van der Waals surface area contributed by atoms with E-state index in [1.807, 2.05) is 0 Å². The van der Waals surface area contributed by atoms with Crippen molar-refractivity contribution in [3.63, 3.8) is 0 Å². The zero-order valence-corrected chi connectivity index (χ0v) is 7.44. The molecule has 1 heteroatoms. The lowest BCUT2D eigenvalue weighted by molar-refractivity contribution is -0.119. The molecule has 1 fully saturated rings. The Balaban J connectivity index is 1.92. The third-order valence-electron chi connectivity index (χ3n) is 2.27. The first-order valence-electron chi connectivity index (χ1n) is 4.84. The van der Waals surface area contributed by atoms with Crippen molar-refractivity contribution in [1.82, 2.24) is 0 Å². The summed E-state index contributed by atoms with van der Waals surface area (Å²) in [6.07, 6.45) is 7.88. The van der Waals surface area contributed by atoms with Crippen LogP contribution in [0.15, 0.2) is 0 Å². The van der Waals surface area contributed by atoms with Crippen molar-refractivity contribution in [1.29, 1.82) is 0 Å². The van der Waals surface area contributed by atoms with Gasteiger partial charge in [0, 0.05) is 12.8 Å². The fourth-order valence-electron chi connectivity index (χ4n) is 1.32. The molecule has 0 unspecified atom stereocenters. The molecule has 0 amide bonds. The van der Waals surface area contributed by atoms with Crippen LogP contribution in [-0.2, 0) is 4.79 Å². The van der Waals surface area contributed by atoms with E-state index in [0.717, 1.165) is 25.2 Å². The number of carbonyl (C=O) groups is 1. The average molecular weight is 154 g/mol. The van der Waals surface area contributed by atoms with Gasteiger partial charge in [0.25, 0.3) is 0 Å². The van der Waals surface area contributed by atoms with Gasteiger partial charge in [-0.1, -0.05) is 19.8 Å². The van der Waals surface area contributed by atoms with Gasteiger partial charge in [0.2, 0.25) is 0 Å². The molecule has 0 saturated heterocycles. The second-order valence-electron chi connectivity index (χ2n) is 3.64. The molecule has 0 bridgehead atoms. The first kappa shape index (κ1) is 8.76. The highest BCUT2D eigenvalue weighted by atomic mass is 16.1. The Labute approximate surface area is 69.2 Å². The van der Waals surface area contributed by atoms with Crippen molar-refractivity contribution < 1.29 is 4.79 Å². The van der Waals surface area contributed by atoms with E-state index in [9.17, 15) is 4.79 Å². The van der Waals surface area contributed by atoms with E-state index in [-0.39, 0.29) is 0 Å². The Morgan fingerprint density at radius 3 is 2.64 bits per heavy atom. The van der Waals surface area contributed by atoms with Crippen molar-refractivity contribution in [2.24, 2.45) is 5.92 Å². The van der Waals surface area contributed by atoms with Crippen LogP contribution in [0.2, 0.25) is 0 Å². The predicted molar refractivity (Wildman–Crippen MR) is 46.5 cm³/mol. The number of ketones is 1. The minimum Gasteiger partial charge on any atom is -0.300 e. The summed E-state index contributed by atoms with van der Waals surface area (Å²) in [5, 5.41) is 0. The number of carbonyl (C=O) groups excluding carboxylic acids is 1. The van der Waals surface area contributed by atoms with Gasteiger partial charge in [0.15, 0.2) is 0 Å². The quantitative estimate of drug-likeness (QED) is 0.537. The van der Waals surface area contributed by atoms with Gasteiger partial charge in [0.05, 0.1) is 0 Å². The van der Waals surface area contributed by atoms with E-state index >= 15 is 0 Å². The summed E-state index contributed by atoms with van der Waals surface area (Å²) in [6, 6.07) is 0. The standard InChI is InChI=1S/C10H18O/c1-2-3-4-5-10(11)8-9-6-7-9/h9H,2-8H2,1H3. The zero-order valence-electron chi connectivity index (χ0n) is 7.44. The van der Waals surface area contributed by atoms with E-state index in [2.05, 4.69) is 6.92 Å². The average Bonchev–Trinajstić information content (AvgIpc) is 2.72. The van der Waals surface area contributed by atoms with Gasteiger partial charge < -0.3 is 0 Å². The summed E-state index contributed by atoms with van der Waals surface area (Å²) in [4.78, 5) is 11.2. The van der Waals surface area contributed by atoms with E-state index in [0.29, 0.717) is 5.78 Å². The second-order valence-corrected chi connectivity index (χ2v) is 3.64. The van der Waals surface area contributed by atoms with Crippen molar-refractivity contribution in [2.45, 2.75) is 51.9 Å². The highest BCUT2D eigenvalue weighted by molar-refractivity contribution is 5.78. The third kappa shape index (κ3) is 4.18. The number of unbranched alkanes of at least 4 members (excludes halogenated alkanes) is 2. The summed E-state index contributed by atoms with van der Waals surface area (Å²) < 4.78 is 0. The molecule has 11 heavy (non-hydrogen) atoms. The van der Waals surface area contributed by atoms with Gasteiger partial charge in [-0.3, -0.25) is 4.79 Å². The van der Waals surface area contributed by atoms with Crippen molar-refractivity contribution in [3.8, 4) is 0 Å². The highest BCUT2D eigenvalue weighted by Gasteiger charge is 2.23. The van der Waals surface area contributed by atoms with Gasteiger partial charge in [0.1, 0.15) is 5.78 Å². The number of hydrogen-bond acceptors (Lipinski definition) is 1. The van der Waals surface area contributed by atoms with E-state index in [1.54, 1.807) is 0 Å². The third-order valence-corrected chi connectivity index (χ3v) is 2.27. The van der Waals surface area contributed by atoms with Crippen molar-refractivity contribution in [2.75, 3.05) is 0 Å². The largest absolute Gasteiger partial charge is 0.300 e. The molecule has 1 rings (SSSR count). The highest BCUT2D eigenvalue weighted by Crippen LogP contribution is 2.32. The molecule has 0 radical (unpaired) electrons. The van der Waals surface area contributed by atoms with Crippen LogP contribution in [-0.4, -0.2) is 5.78 Å². The molecule has 1 aliphatic carbocycles. The molecule has 0 aromatic rings. The number of rotatable bonds is 6. The predicted octanol–water partition coefficient (Wildman–Crippen LogP) is 2.94. The summed E-state index contributed by atoms with van der Waals surface area (Å²) in [5.74, 6) is 1.28. The maximum absolute atomic E-state index is 11.2. The first-order valence-corrected chi connectivity index (χ1v) is 4.84. The Morgan fingerprint density at radius 1 is 1.36 bits per heavy atom. The smallest absolute Gasteiger partial charge is 0.133 e. The zero-order chi connectivity index (χ0) is 8.10. The van der Waals surface area contributed by atoms with Crippen LogP contribution in [0.25, 0.3) is 0 Å². The lowest BCUT2D eigenvalue weighted by atomic mass is 10.1. The van der Waals surface area contributed by atoms with E-state index in [1.165, 1.54) is 25.7 Å². The van der Waals surface area contributed by atoms with E-state index in [4.69, 9.17) is 0 Å². The van der Waals surface area contributed by atoms with Gasteiger partial charge >= 0.3 is 0 Å². The molecule has 0 aromatic carbocycles. The Kier molecular flexibility index (Phi) is 3.61. The molecule has 0 spiro atoms. The topological polar surface area (TPSA) is 17.1 Å². The van der Waals surface area contributed by atoms with Gasteiger partial charge in [-0.2, -0.15) is 0 Å². The Morgan fingerprint density at radius 2 is 2.09 bits per heavy atom. The molecular weight excluding hydrogens is 136 g/mol. The molecule has 0 aliphatic heterocycles. The fraction of sp³-hybridized carbons (Fsp3) is 0.900. The van der Waals surface area contributed by atoms with Crippen molar-refractivity contribution >= 4 is 5.78 Å². The molecule has 64 valence electrons. The van der Waals surface area contributed by atoms with Crippen LogP contribution in [0.4, 0.5) is 0 Å². The van der Waals surface area contributed by atoms with Crippen LogP contribution in [0, 0.1) is 5.92 Å². The summed E-state index contributed by atoms with van der Waals surface area (Å²) in [5.41, 5.74) is 0. The maximum atomic E-state index is 11.2. The van der Waals surface area contributed by atoms with Gasteiger partial charge in [-0.15, -0.1) is 0 Å². The normalized spacial score (nSPS) is 16.8. The molecule has 1 saturated carbocycles. The monoisotopic (exact) mass is 154 g/mol. The van der Waals surface area contributed by atoms with Gasteiger partial charge in [-0.05, 0) is 25.2 Å². The van der Waals surface area contributed by atoms with Crippen LogP contribution in [0.1, 0.15) is 51.9 Å². The first-order chi connectivity index (χ1) is 5.33. The van der Waals surface area contributed by atoms with Crippen LogP contribution in [0.3, 0.4) is 0 Å². The second kappa shape index (κ2) is 4.53. The molecule has 1 nitrogen and oxygen atoms in total. The Hall–Kier alpha value is -0.330. The lowest BCUT2D eigenvalue weighted by Crippen LogP contribution is -1.98. The number of hydrogen-bond donors (Lipinski definition) is 0. The van der Waals surface area contributed by atoms with Crippen molar-refractivity contribution in [3.05, 3.63) is 0 Å². The molecule has 0 heterocycles. The molecule has 0 N–H and O–H groups in total. The van der Waals surface area contributed by atoms with Crippen LogP contribution < -0.4 is 0 Å². The molecular formula is C10H18O. The summed E-state index contributed by atoms with van der Waals surface area (Å²) >= 11 is 0. The lowest BCUT2D eigenvalue weighted by Gasteiger charge is -1.97. The van der Waals surface area contributed by atoms with Crippen LogP contribution >= 0.6 is 0 Å². The fourth-order valence-corrected chi connectivity index (χ4v) is 1.32. The Bertz CT molecular complexity index is 125. The minimum absolute atomic E-state index is 0.501. The number of Topliss-reactive ketones (excluding diaryl/α,β-unsaturated/α-hetero) is 1. The SMILES string of the molecule is CCCCCC(=O)CC1CC1. The maximum Gasteiger partial charge on any atom is 0.133 e. The summed E-state index contributed by atoms with van der Waals surface area (Å²) in [6.45, 7) is 2.17. The molecule has 1 aliphatic rings. The van der Waals surface area contributed by atoms with Gasteiger partial charge in [-0.25, -0.2) is 0 Å². The molecule has 0 atom stereocenters.